The number of pyridine rings is 1. The zero-order valence-corrected chi connectivity index (χ0v) is 46.8. The third-order valence-electron chi connectivity index (χ3n) is 15.1. The summed E-state index contributed by atoms with van der Waals surface area (Å²) in [6.07, 6.45) is 7.05. The molecular weight excluding hydrogens is 1030 g/mol. The topological polar surface area (TPSA) is 120 Å². The van der Waals surface area contributed by atoms with Crippen molar-refractivity contribution in [2.24, 2.45) is 17.3 Å². The second-order valence-electron chi connectivity index (χ2n) is 22.5. The van der Waals surface area contributed by atoms with Gasteiger partial charge in [0.1, 0.15) is 35.4 Å². The predicted molar refractivity (Wildman–Crippen MR) is 293 cm³/mol. The van der Waals surface area contributed by atoms with Gasteiger partial charge in [-0.3, -0.25) is 29.2 Å². The lowest BCUT2D eigenvalue weighted by Crippen LogP contribution is -2.50. The lowest BCUT2D eigenvalue weighted by molar-refractivity contribution is -0.163. The van der Waals surface area contributed by atoms with Gasteiger partial charge in [-0.15, -0.1) is 0 Å². The minimum atomic E-state index is -4.70. The van der Waals surface area contributed by atoms with Crippen LogP contribution in [0.5, 0.6) is 11.5 Å². The molecule has 3 aliphatic rings. The summed E-state index contributed by atoms with van der Waals surface area (Å²) in [5.74, 6) is 1.01. The van der Waals surface area contributed by atoms with Crippen molar-refractivity contribution in [3.8, 4) is 22.6 Å². The summed E-state index contributed by atoms with van der Waals surface area (Å²) in [7, 11) is 1.57. The molecule has 1 amide bonds. The zero-order valence-electron chi connectivity index (χ0n) is 45.3. The molecule has 7 rings (SSSR count). The van der Waals surface area contributed by atoms with Gasteiger partial charge in [0, 0.05) is 53.4 Å². The quantitative estimate of drug-likeness (QED) is 0.0421. The first-order valence-corrected chi connectivity index (χ1v) is 27.7. The maximum atomic E-state index is 15.1. The summed E-state index contributed by atoms with van der Waals surface area (Å²) in [6.45, 7) is 18.7. The highest BCUT2D eigenvalue weighted by Crippen LogP contribution is 2.47. The van der Waals surface area contributed by atoms with Crippen molar-refractivity contribution in [3.63, 3.8) is 0 Å². The first-order chi connectivity index (χ1) is 35.6. The molecule has 4 aromatic rings. The third kappa shape index (κ3) is 14.7. The van der Waals surface area contributed by atoms with Gasteiger partial charge in [-0.25, -0.2) is 0 Å². The lowest BCUT2D eigenvalue weighted by atomic mass is 9.61. The summed E-state index contributed by atoms with van der Waals surface area (Å²) in [5.41, 5.74) is 4.47. The number of carbonyl (C=O) groups excluding carboxylic acids is 3. The van der Waals surface area contributed by atoms with Crippen LogP contribution in [0.4, 0.5) is 18.9 Å². The normalized spacial score (nSPS) is 19.9. The average Bonchev–Trinajstić information content (AvgIpc) is 3.33. The number of hydrogen-bond donors (Lipinski definition) is 1. The van der Waals surface area contributed by atoms with Crippen LogP contribution >= 0.6 is 15.9 Å². The van der Waals surface area contributed by atoms with Gasteiger partial charge < -0.3 is 24.3 Å². The fourth-order valence-electron chi connectivity index (χ4n) is 10.7. The number of hydrogen-bond acceptors (Lipinski definition) is 10. The number of nitrogens with zero attached hydrogens (tertiary/aromatic N) is 3. The number of ether oxygens (including phenoxy) is 4. The highest BCUT2D eigenvalue weighted by Gasteiger charge is 2.44. The molecule has 3 fully saturated rings. The van der Waals surface area contributed by atoms with Crippen molar-refractivity contribution in [2.75, 3.05) is 50.7 Å². The number of piperidine rings is 2. The van der Waals surface area contributed by atoms with Crippen LogP contribution < -0.4 is 14.8 Å². The number of anilines is 1. The lowest BCUT2D eigenvalue weighted by Gasteiger charge is -2.45. The third-order valence-corrected chi connectivity index (χ3v) is 15.4. The molecule has 1 aromatic heterocycles. The Morgan fingerprint density at radius 2 is 1.41 bits per heavy atom. The SMILES string of the molecule is COc1cc(C(=O)Nc2cccc(-c3cccc(/C=C/c4cc(OCCOCCBr)c(CN5CCCC[C@H]5C(=O)OC(C)(C)C)cc4C(F)(F)F)c3C)c2C)ncc1CN1CCCC[C@H]1C(=O)C1CC(C(C)(C)C)C1. The molecule has 11 nitrogen and oxygen atoms in total. The van der Waals surface area contributed by atoms with Crippen molar-refractivity contribution in [3.05, 3.63) is 105 Å². The zero-order chi connectivity index (χ0) is 54.2. The molecule has 3 aromatic carbocycles. The highest BCUT2D eigenvalue weighted by atomic mass is 79.9. The maximum absolute atomic E-state index is 15.1. The molecule has 3 heterocycles. The summed E-state index contributed by atoms with van der Waals surface area (Å²) in [5, 5.41) is 3.68. The fraction of sp³-hybridized carbons (Fsp3) is 0.533. The van der Waals surface area contributed by atoms with E-state index >= 15 is 13.2 Å². The number of rotatable bonds is 19. The number of aromatic nitrogens is 1. The molecule has 1 aliphatic carbocycles. The van der Waals surface area contributed by atoms with Crippen molar-refractivity contribution < 1.29 is 46.5 Å². The van der Waals surface area contributed by atoms with E-state index in [1.54, 1.807) is 46.2 Å². The molecule has 0 bridgehead atoms. The van der Waals surface area contributed by atoms with Crippen molar-refractivity contribution in [1.82, 2.24) is 14.8 Å². The molecule has 2 saturated heterocycles. The molecule has 0 unspecified atom stereocenters. The van der Waals surface area contributed by atoms with Crippen LogP contribution in [0.3, 0.4) is 0 Å². The summed E-state index contributed by atoms with van der Waals surface area (Å²) in [6, 6.07) is 14.8. The van der Waals surface area contributed by atoms with Gasteiger partial charge in [-0.05, 0) is 149 Å². The van der Waals surface area contributed by atoms with Crippen LogP contribution in [0.1, 0.15) is 142 Å². The maximum Gasteiger partial charge on any atom is 0.417 e. The molecule has 2 aliphatic heterocycles. The van der Waals surface area contributed by atoms with Crippen LogP contribution in [0.2, 0.25) is 0 Å². The van der Waals surface area contributed by atoms with E-state index in [9.17, 15) is 14.4 Å². The standard InChI is InChI=1S/C60H76BrF3N4O7/c1-38-40(22-23-41-33-54(74-29-28-73-27-24-61)43(32-48(41)60(62,63)64)36-68-26-13-11-21-52(68)57(71)75-59(6,7)8)16-14-17-46(38)47-18-15-19-49(39(47)2)66-56(70)50-34-53(72-9)44(35-65-50)37-67-25-12-10-20-51(67)55(69)42-30-45(31-42)58(3,4)5/h14-19,22-23,32-35,42,45,51-52H,10-13,20-21,24-31,36-37H2,1-9H3,(H,66,70)/b23-22+/t42?,45?,51-,52-/m0/s1. The number of alkyl halides is 4. The molecular formula is C60H76BrF3N4O7. The highest BCUT2D eigenvalue weighted by molar-refractivity contribution is 9.09. The number of methoxy groups -OCH3 is 1. The van der Waals surface area contributed by atoms with E-state index in [-0.39, 0.29) is 54.1 Å². The molecule has 2 atom stereocenters. The van der Waals surface area contributed by atoms with E-state index in [4.69, 9.17) is 18.9 Å². The Hall–Kier alpha value is -5.09. The number of likely N-dealkylation sites (tertiary alicyclic amines) is 2. The number of esters is 1. The number of nitrogens with one attached hydrogen (secondary N) is 1. The van der Waals surface area contributed by atoms with E-state index < -0.39 is 35.3 Å². The molecule has 406 valence electrons. The largest absolute Gasteiger partial charge is 0.496 e. The van der Waals surface area contributed by atoms with Gasteiger partial charge in [-0.1, -0.05) is 92.0 Å². The smallest absolute Gasteiger partial charge is 0.417 e. The van der Waals surface area contributed by atoms with Crippen LogP contribution in [-0.2, 0) is 38.3 Å². The minimum Gasteiger partial charge on any atom is -0.496 e. The van der Waals surface area contributed by atoms with Crippen molar-refractivity contribution in [2.45, 2.75) is 144 Å². The summed E-state index contributed by atoms with van der Waals surface area (Å²) < 4.78 is 68.6. The van der Waals surface area contributed by atoms with Crippen LogP contribution in [0, 0.1) is 31.1 Å². The van der Waals surface area contributed by atoms with E-state index in [1.165, 1.54) is 12.1 Å². The minimum absolute atomic E-state index is 0.0633. The average molecular weight is 1100 g/mol. The predicted octanol–water partition coefficient (Wildman–Crippen LogP) is 13.3. The Balaban J connectivity index is 1.10. The molecule has 75 heavy (non-hydrogen) atoms. The van der Waals surface area contributed by atoms with Crippen LogP contribution in [0.15, 0.2) is 60.8 Å². The number of amides is 1. The van der Waals surface area contributed by atoms with Crippen LogP contribution in [0.25, 0.3) is 23.3 Å². The number of benzene rings is 3. The molecule has 0 spiro atoms. The van der Waals surface area contributed by atoms with Crippen LogP contribution in [-0.4, -0.2) is 95.5 Å². The van der Waals surface area contributed by atoms with E-state index in [2.05, 4.69) is 51.9 Å². The van der Waals surface area contributed by atoms with Gasteiger partial charge in [0.15, 0.2) is 5.78 Å². The van der Waals surface area contributed by atoms with Gasteiger partial charge in [0.2, 0.25) is 0 Å². The fourth-order valence-corrected chi connectivity index (χ4v) is 10.9. The monoisotopic (exact) mass is 1100 g/mol. The Morgan fingerprint density at radius 3 is 2.07 bits per heavy atom. The second kappa shape index (κ2) is 24.9. The van der Waals surface area contributed by atoms with Crippen molar-refractivity contribution in [1.29, 1.82) is 0 Å². The van der Waals surface area contributed by atoms with E-state index in [1.807, 2.05) is 55.1 Å². The first kappa shape index (κ1) is 57.6. The van der Waals surface area contributed by atoms with Gasteiger partial charge in [-0.2, -0.15) is 13.2 Å². The number of ketones is 1. The Morgan fingerprint density at radius 1 is 0.773 bits per heavy atom. The van der Waals surface area contributed by atoms with E-state index in [0.717, 1.165) is 85.4 Å². The number of Topliss-reactive ketones (excluding diaryl/α,β-unsaturated/α-hetero) is 1. The van der Waals surface area contributed by atoms with E-state index in [0.29, 0.717) is 65.7 Å². The Labute approximate surface area is 450 Å². The summed E-state index contributed by atoms with van der Waals surface area (Å²) in [4.78, 5) is 49.8. The Bertz CT molecular complexity index is 2690. The number of halogens is 4. The molecule has 15 heteroatoms. The number of carbonyl (C=O) groups is 3. The Kier molecular flexibility index (Phi) is 19.1. The summed E-state index contributed by atoms with van der Waals surface area (Å²) >= 11 is 3.34. The molecule has 1 N–H and O–H groups in total. The molecule has 1 saturated carbocycles. The van der Waals surface area contributed by atoms with Gasteiger partial charge >= 0.3 is 12.1 Å². The van der Waals surface area contributed by atoms with Gasteiger partial charge in [0.05, 0.1) is 31.9 Å². The first-order valence-electron chi connectivity index (χ1n) is 26.5. The van der Waals surface area contributed by atoms with Gasteiger partial charge in [0.25, 0.3) is 5.91 Å². The van der Waals surface area contributed by atoms with Crippen molar-refractivity contribution >= 4 is 51.4 Å². The molecule has 0 radical (unpaired) electrons. The second-order valence-corrected chi connectivity index (χ2v) is 23.3.